The van der Waals surface area contributed by atoms with Crippen molar-refractivity contribution in [3.05, 3.63) is 130 Å². The quantitative estimate of drug-likeness (QED) is 0.130. The van der Waals surface area contributed by atoms with Crippen molar-refractivity contribution in [1.29, 1.82) is 0 Å². The van der Waals surface area contributed by atoms with E-state index in [9.17, 15) is 9.59 Å². The van der Waals surface area contributed by atoms with E-state index in [2.05, 4.69) is 80.0 Å². The van der Waals surface area contributed by atoms with Gasteiger partial charge in [-0.05, 0) is 97.8 Å². The summed E-state index contributed by atoms with van der Waals surface area (Å²) in [4.78, 5) is 41.8. The SMILES string of the molecule is C=CC1CN2CCC1CC2[C@H](Nc1c(N[C@H](c2ccnc3ccccc23)C2CC3CCN2CC3C=C)c(=O)c1=O)c1ccnc2ccccc12. The van der Waals surface area contributed by atoms with Gasteiger partial charge in [-0.2, -0.15) is 0 Å². The first-order valence-electron chi connectivity index (χ1n) is 18.3. The van der Waals surface area contributed by atoms with Crippen molar-refractivity contribution in [3.63, 3.8) is 0 Å². The fraction of sp³-hybridized carbons (Fsp3) is 0.381. The molecule has 11 rings (SSSR count). The summed E-state index contributed by atoms with van der Waals surface area (Å²) in [6.45, 7) is 12.2. The zero-order valence-electron chi connectivity index (χ0n) is 28.4. The molecule has 0 radical (unpaired) electrons. The van der Waals surface area contributed by atoms with Crippen molar-refractivity contribution < 1.29 is 0 Å². The van der Waals surface area contributed by atoms with Crippen LogP contribution in [-0.2, 0) is 0 Å². The highest BCUT2D eigenvalue weighted by Gasteiger charge is 2.46. The minimum Gasteiger partial charge on any atom is -0.372 e. The van der Waals surface area contributed by atoms with E-state index < -0.39 is 10.9 Å². The Bertz CT molecular complexity index is 2010. The van der Waals surface area contributed by atoms with Crippen LogP contribution in [0.3, 0.4) is 0 Å². The minimum absolute atomic E-state index is 0.156. The standard InChI is InChI=1S/C42H44N6O2/c1-3-25-23-47-19-15-27(25)21-35(47)37(31-13-17-43-33-11-7-5-9-29(31)33)45-39-40(42(50)41(39)49)46-38(32-14-18-44-34-12-8-6-10-30(32)34)36-22-28-16-20-48(36)24-26(28)4-2/h3-14,17-18,25-28,35-38,45-46H,1-2,15-16,19-24H2/t25?,26?,27?,28?,35?,36?,37-,38-/m1/s1. The van der Waals surface area contributed by atoms with E-state index in [1.807, 2.05) is 48.8 Å². The smallest absolute Gasteiger partial charge is 0.253 e. The molecule has 8 nitrogen and oxygen atoms in total. The third-order valence-electron chi connectivity index (χ3n) is 12.6. The first-order chi connectivity index (χ1) is 24.5. The minimum atomic E-state index is -0.452. The number of nitrogens with one attached hydrogen (secondary N) is 2. The van der Waals surface area contributed by atoms with Crippen LogP contribution in [0.5, 0.6) is 0 Å². The lowest BCUT2D eigenvalue weighted by Gasteiger charge is -2.52. The predicted molar refractivity (Wildman–Crippen MR) is 201 cm³/mol. The molecule has 0 saturated carbocycles. The van der Waals surface area contributed by atoms with Crippen molar-refractivity contribution in [1.82, 2.24) is 19.8 Å². The number of pyridine rings is 2. The van der Waals surface area contributed by atoms with E-state index in [1.54, 1.807) is 0 Å². The monoisotopic (exact) mass is 664 g/mol. The summed E-state index contributed by atoms with van der Waals surface area (Å²) in [5, 5.41) is 9.60. The number of hydrogen-bond donors (Lipinski definition) is 2. The molecular weight excluding hydrogens is 621 g/mol. The van der Waals surface area contributed by atoms with E-state index >= 15 is 0 Å². The van der Waals surface area contributed by atoms with Crippen LogP contribution >= 0.6 is 0 Å². The molecule has 0 amide bonds. The van der Waals surface area contributed by atoms with E-state index in [-0.39, 0.29) is 24.2 Å². The second-order valence-corrected chi connectivity index (χ2v) is 15.0. The molecule has 2 N–H and O–H groups in total. The van der Waals surface area contributed by atoms with Crippen LogP contribution in [0.1, 0.15) is 48.9 Å². The van der Waals surface area contributed by atoms with Gasteiger partial charge in [0.05, 0.1) is 23.1 Å². The van der Waals surface area contributed by atoms with Gasteiger partial charge in [0.15, 0.2) is 0 Å². The summed E-state index contributed by atoms with van der Waals surface area (Å²) < 4.78 is 0. The Labute approximate surface area is 292 Å². The molecule has 8 heterocycles. The maximum absolute atomic E-state index is 13.7. The lowest BCUT2D eigenvalue weighted by atomic mass is 9.72. The zero-order chi connectivity index (χ0) is 33.9. The highest BCUT2D eigenvalue weighted by Crippen LogP contribution is 2.46. The molecule has 4 bridgehead atoms. The van der Waals surface area contributed by atoms with E-state index in [4.69, 9.17) is 0 Å². The van der Waals surface area contributed by atoms with Crippen LogP contribution in [0, 0.1) is 23.7 Å². The number of nitrogens with zero attached hydrogens (tertiary/aromatic N) is 4. The maximum atomic E-state index is 13.7. The average Bonchev–Trinajstić information content (AvgIpc) is 3.19. The number of aromatic nitrogens is 2. The van der Waals surface area contributed by atoms with Crippen LogP contribution in [0.15, 0.2) is 108 Å². The molecule has 10 atom stereocenters. The number of benzene rings is 2. The lowest BCUT2D eigenvalue weighted by Crippen LogP contribution is -2.57. The summed E-state index contributed by atoms with van der Waals surface area (Å²) in [5.74, 6) is 2.03. The molecule has 6 fully saturated rings. The topological polar surface area (TPSA) is 90.5 Å². The van der Waals surface area contributed by atoms with Crippen molar-refractivity contribution in [2.75, 3.05) is 36.8 Å². The average molecular weight is 665 g/mol. The van der Waals surface area contributed by atoms with Crippen LogP contribution in [0.25, 0.3) is 21.8 Å². The molecule has 5 aromatic rings. The van der Waals surface area contributed by atoms with E-state index in [0.29, 0.717) is 35.0 Å². The molecule has 3 aromatic carbocycles. The number of anilines is 2. The van der Waals surface area contributed by atoms with Gasteiger partial charge in [0, 0.05) is 48.3 Å². The maximum Gasteiger partial charge on any atom is 0.253 e. The Morgan fingerprint density at radius 3 is 1.50 bits per heavy atom. The molecule has 254 valence electrons. The molecule has 6 saturated heterocycles. The summed E-state index contributed by atoms with van der Waals surface area (Å²) in [6.07, 6.45) is 12.3. The summed E-state index contributed by atoms with van der Waals surface area (Å²) >= 11 is 0. The second-order valence-electron chi connectivity index (χ2n) is 15.0. The number of rotatable bonds is 10. The lowest BCUT2D eigenvalue weighted by molar-refractivity contribution is 0.0102. The molecule has 0 aliphatic carbocycles. The van der Waals surface area contributed by atoms with Gasteiger partial charge in [0.25, 0.3) is 10.9 Å². The third-order valence-corrected chi connectivity index (χ3v) is 12.6. The van der Waals surface area contributed by atoms with Gasteiger partial charge < -0.3 is 10.6 Å². The Balaban J connectivity index is 1.12. The summed E-state index contributed by atoms with van der Waals surface area (Å²) in [5.41, 5.74) is 3.93. The van der Waals surface area contributed by atoms with Crippen LogP contribution in [0.4, 0.5) is 11.4 Å². The highest BCUT2D eigenvalue weighted by molar-refractivity contribution is 5.85. The molecule has 8 unspecified atom stereocenters. The summed E-state index contributed by atoms with van der Waals surface area (Å²) in [6, 6.07) is 20.5. The predicted octanol–water partition coefficient (Wildman–Crippen LogP) is 6.48. The van der Waals surface area contributed by atoms with Gasteiger partial charge in [-0.1, -0.05) is 48.6 Å². The van der Waals surface area contributed by atoms with Gasteiger partial charge >= 0.3 is 0 Å². The fourth-order valence-corrected chi connectivity index (χ4v) is 9.97. The van der Waals surface area contributed by atoms with Gasteiger partial charge in [0.1, 0.15) is 11.4 Å². The number of hydrogen-bond acceptors (Lipinski definition) is 8. The molecule has 0 spiro atoms. The zero-order valence-corrected chi connectivity index (χ0v) is 28.4. The molecule has 6 aliphatic rings. The van der Waals surface area contributed by atoms with Crippen LogP contribution in [0.2, 0.25) is 0 Å². The molecular formula is C42H44N6O2. The van der Waals surface area contributed by atoms with Gasteiger partial charge in [0.2, 0.25) is 0 Å². The normalized spacial score (nSPS) is 29.9. The van der Waals surface area contributed by atoms with Crippen molar-refractivity contribution >= 4 is 33.2 Å². The van der Waals surface area contributed by atoms with Gasteiger partial charge in [-0.3, -0.25) is 29.4 Å². The third kappa shape index (κ3) is 5.11. The van der Waals surface area contributed by atoms with E-state index in [1.165, 1.54) is 0 Å². The number of fused-ring (bicyclic) bond motifs is 8. The highest BCUT2D eigenvalue weighted by atomic mass is 16.2. The van der Waals surface area contributed by atoms with Crippen LogP contribution in [-0.4, -0.2) is 58.0 Å². The second kappa shape index (κ2) is 12.6. The molecule has 50 heavy (non-hydrogen) atoms. The van der Waals surface area contributed by atoms with E-state index in [0.717, 1.165) is 84.8 Å². The van der Waals surface area contributed by atoms with Gasteiger partial charge in [-0.15, -0.1) is 13.2 Å². The molecule has 8 heteroatoms. The number of para-hydroxylation sites is 2. The Morgan fingerprint density at radius 2 is 1.10 bits per heavy atom. The first kappa shape index (κ1) is 31.3. The first-order valence-corrected chi connectivity index (χ1v) is 18.3. The Kier molecular flexibility index (Phi) is 7.89. The summed E-state index contributed by atoms with van der Waals surface area (Å²) in [7, 11) is 0. The fourth-order valence-electron chi connectivity index (χ4n) is 9.97. The number of piperidine rings is 6. The van der Waals surface area contributed by atoms with Crippen molar-refractivity contribution in [2.24, 2.45) is 23.7 Å². The van der Waals surface area contributed by atoms with Crippen molar-refractivity contribution in [3.8, 4) is 0 Å². The van der Waals surface area contributed by atoms with Crippen molar-refractivity contribution in [2.45, 2.75) is 49.9 Å². The molecule has 6 aliphatic heterocycles. The van der Waals surface area contributed by atoms with Gasteiger partial charge in [-0.25, -0.2) is 0 Å². The van der Waals surface area contributed by atoms with Crippen LogP contribution < -0.4 is 21.5 Å². The largest absolute Gasteiger partial charge is 0.372 e. The Hall–Kier alpha value is -4.66. The molecule has 2 aromatic heterocycles. The Morgan fingerprint density at radius 1 is 0.660 bits per heavy atom.